The summed E-state index contributed by atoms with van der Waals surface area (Å²) in [6.07, 6.45) is 1.74. The van der Waals surface area contributed by atoms with Crippen molar-refractivity contribution in [2.45, 2.75) is 25.9 Å². The lowest BCUT2D eigenvalue weighted by atomic mass is 10.1. The first-order chi connectivity index (χ1) is 9.15. The number of thiazole rings is 1. The third kappa shape index (κ3) is 4.15. The number of rotatable bonds is 6. The number of hydrogen-bond donors (Lipinski definition) is 2. The number of aryl methyl sites for hydroxylation is 1. The Morgan fingerprint density at radius 1 is 1.42 bits per heavy atom. The lowest BCUT2D eigenvalue weighted by Gasteiger charge is -2.14. The van der Waals surface area contributed by atoms with Gasteiger partial charge in [0.15, 0.2) is 0 Å². The number of benzene rings is 1. The van der Waals surface area contributed by atoms with Gasteiger partial charge in [-0.25, -0.2) is 4.98 Å². The molecule has 0 fully saturated rings. The minimum Gasteiger partial charge on any atom is -0.481 e. The van der Waals surface area contributed by atoms with Gasteiger partial charge in [0.2, 0.25) is 0 Å². The standard InChI is InChI=1S/C14H16N2O2S/c1-10-2-4-11(5-3-10)9-16-12(8-13(17)18)14-15-6-7-19-14/h2-7,12,16H,8-9H2,1H3,(H,17,18). The molecule has 0 aliphatic rings. The first-order valence-electron chi connectivity index (χ1n) is 6.05. The average Bonchev–Trinajstić information content (AvgIpc) is 2.90. The van der Waals surface area contributed by atoms with Crippen LogP contribution in [0.15, 0.2) is 35.8 Å². The summed E-state index contributed by atoms with van der Waals surface area (Å²) in [6, 6.07) is 7.95. The first kappa shape index (κ1) is 13.7. The van der Waals surface area contributed by atoms with Gasteiger partial charge in [0, 0.05) is 18.1 Å². The van der Waals surface area contributed by atoms with E-state index in [2.05, 4.69) is 10.3 Å². The maximum Gasteiger partial charge on any atom is 0.305 e. The number of aromatic nitrogens is 1. The lowest BCUT2D eigenvalue weighted by molar-refractivity contribution is -0.137. The van der Waals surface area contributed by atoms with Crippen LogP contribution in [0, 0.1) is 6.92 Å². The summed E-state index contributed by atoms with van der Waals surface area (Å²) in [7, 11) is 0. The summed E-state index contributed by atoms with van der Waals surface area (Å²) in [5, 5.41) is 14.9. The van der Waals surface area contributed by atoms with E-state index in [1.54, 1.807) is 6.20 Å². The molecule has 19 heavy (non-hydrogen) atoms. The van der Waals surface area contributed by atoms with Crippen LogP contribution in [0.2, 0.25) is 0 Å². The van der Waals surface area contributed by atoms with Crippen LogP contribution in [0.25, 0.3) is 0 Å². The van der Waals surface area contributed by atoms with E-state index in [9.17, 15) is 4.79 Å². The number of aliphatic carboxylic acids is 1. The predicted octanol–water partition coefficient (Wildman–Crippen LogP) is 2.76. The number of nitrogens with zero attached hydrogens (tertiary/aromatic N) is 1. The van der Waals surface area contributed by atoms with Crippen molar-refractivity contribution in [1.82, 2.24) is 10.3 Å². The van der Waals surface area contributed by atoms with E-state index in [0.717, 1.165) is 10.6 Å². The molecule has 2 rings (SSSR count). The van der Waals surface area contributed by atoms with Gasteiger partial charge in [-0.3, -0.25) is 4.79 Å². The van der Waals surface area contributed by atoms with Gasteiger partial charge >= 0.3 is 5.97 Å². The molecule has 0 bridgehead atoms. The normalized spacial score (nSPS) is 12.3. The Bertz CT molecular complexity index is 523. The van der Waals surface area contributed by atoms with Crippen LogP contribution in [0.3, 0.4) is 0 Å². The van der Waals surface area contributed by atoms with Gasteiger partial charge in [-0.05, 0) is 12.5 Å². The predicted molar refractivity (Wildman–Crippen MR) is 75.1 cm³/mol. The van der Waals surface area contributed by atoms with Gasteiger partial charge in [0.1, 0.15) is 5.01 Å². The Labute approximate surface area is 116 Å². The molecule has 4 nitrogen and oxygen atoms in total. The molecule has 1 aromatic carbocycles. The summed E-state index contributed by atoms with van der Waals surface area (Å²) < 4.78 is 0. The van der Waals surface area contributed by atoms with Crippen LogP contribution in [-0.4, -0.2) is 16.1 Å². The number of nitrogens with one attached hydrogen (secondary N) is 1. The van der Waals surface area contributed by atoms with Crippen molar-refractivity contribution in [3.05, 3.63) is 52.0 Å². The Kier molecular flexibility index (Phi) is 4.65. The highest BCUT2D eigenvalue weighted by Gasteiger charge is 2.17. The van der Waals surface area contributed by atoms with E-state index >= 15 is 0 Å². The van der Waals surface area contributed by atoms with Crippen LogP contribution < -0.4 is 5.32 Å². The highest BCUT2D eigenvalue weighted by Crippen LogP contribution is 2.19. The molecule has 0 saturated heterocycles. The minimum atomic E-state index is -0.823. The van der Waals surface area contributed by atoms with Crippen molar-refractivity contribution in [1.29, 1.82) is 0 Å². The van der Waals surface area contributed by atoms with Crippen molar-refractivity contribution < 1.29 is 9.90 Å². The van der Waals surface area contributed by atoms with E-state index in [1.165, 1.54) is 16.9 Å². The average molecular weight is 276 g/mol. The maximum atomic E-state index is 10.9. The molecule has 1 aromatic heterocycles. The van der Waals surface area contributed by atoms with E-state index in [-0.39, 0.29) is 12.5 Å². The summed E-state index contributed by atoms with van der Waals surface area (Å²) >= 11 is 1.47. The molecule has 2 aromatic rings. The summed E-state index contributed by atoms with van der Waals surface area (Å²) in [5.74, 6) is -0.823. The van der Waals surface area contributed by atoms with Crippen molar-refractivity contribution in [2.24, 2.45) is 0 Å². The second-order valence-corrected chi connectivity index (χ2v) is 5.31. The van der Waals surface area contributed by atoms with Crippen LogP contribution >= 0.6 is 11.3 Å². The molecule has 0 amide bonds. The van der Waals surface area contributed by atoms with E-state index < -0.39 is 5.97 Å². The van der Waals surface area contributed by atoms with Gasteiger partial charge in [-0.1, -0.05) is 29.8 Å². The Morgan fingerprint density at radius 3 is 2.74 bits per heavy atom. The van der Waals surface area contributed by atoms with Crippen molar-refractivity contribution in [2.75, 3.05) is 0 Å². The fourth-order valence-electron chi connectivity index (χ4n) is 1.77. The Hall–Kier alpha value is -1.72. The molecule has 0 aliphatic carbocycles. The van der Waals surface area contributed by atoms with Crippen molar-refractivity contribution in [3.63, 3.8) is 0 Å². The zero-order chi connectivity index (χ0) is 13.7. The second-order valence-electron chi connectivity index (χ2n) is 4.39. The number of carboxylic acid groups (broad SMARTS) is 1. The third-order valence-electron chi connectivity index (χ3n) is 2.80. The largest absolute Gasteiger partial charge is 0.481 e. The number of carbonyl (C=O) groups is 1. The molecular formula is C14H16N2O2S. The smallest absolute Gasteiger partial charge is 0.305 e. The van der Waals surface area contributed by atoms with Crippen LogP contribution in [0.4, 0.5) is 0 Å². The SMILES string of the molecule is Cc1ccc(CNC(CC(=O)O)c2nccs2)cc1. The van der Waals surface area contributed by atoms with Gasteiger partial charge in [0.25, 0.3) is 0 Å². The molecule has 0 radical (unpaired) electrons. The molecule has 0 saturated carbocycles. The fraction of sp³-hybridized carbons (Fsp3) is 0.286. The highest BCUT2D eigenvalue weighted by atomic mass is 32.1. The number of hydrogen-bond acceptors (Lipinski definition) is 4. The molecule has 2 N–H and O–H groups in total. The molecule has 0 spiro atoms. The van der Waals surface area contributed by atoms with Gasteiger partial charge in [-0.15, -0.1) is 11.3 Å². The topological polar surface area (TPSA) is 62.2 Å². The van der Waals surface area contributed by atoms with E-state index in [1.807, 2.05) is 36.6 Å². The third-order valence-corrected chi connectivity index (χ3v) is 3.69. The summed E-state index contributed by atoms with van der Waals surface area (Å²) in [5.41, 5.74) is 2.35. The van der Waals surface area contributed by atoms with Gasteiger partial charge in [-0.2, -0.15) is 0 Å². The molecule has 0 aliphatic heterocycles. The van der Waals surface area contributed by atoms with E-state index in [4.69, 9.17) is 5.11 Å². The molecular weight excluding hydrogens is 260 g/mol. The molecule has 1 unspecified atom stereocenters. The Morgan fingerprint density at radius 2 is 2.16 bits per heavy atom. The lowest BCUT2D eigenvalue weighted by Crippen LogP contribution is -2.23. The molecule has 100 valence electrons. The second kappa shape index (κ2) is 6.45. The number of carboxylic acids is 1. The zero-order valence-electron chi connectivity index (χ0n) is 10.7. The quantitative estimate of drug-likeness (QED) is 0.851. The zero-order valence-corrected chi connectivity index (χ0v) is 11.5. The first-order valence-corrected chi connectivity index (χ1v) is 6.93. The fourth-order valence-corrected chi connectivity index (χ4v) is 2.49. The molecule has 5 heteroatoms. The monoisotopic (exact) mass is 276 g/mol. The Balaban J connectivity index is 2.00. The van der Waals surface area contributed by atoms with E-state index in [0.29, 0.717) is 6.54 Å². The van der Waals surface area contributed by atoms with Crippen LogP contribution in [-0.2, 0) is 11.3 Å². The summed E-state index contributed by atoms with van der Waals surface area (Å²) in [6.45, 7) is 2.68. The minimum absolute atomic E-state index is 0.0410. The van der Waals surface area contributed by atoms with Crippen molar-refractivity contribution >= 4 is 17.3 Å². The molecule has 1 heterocycles. The highest BCUT2D eigenvalue weighted by molar-refractivity contribution is 7.09. The van der Waals surface area contributed by atoms with Crippen LogP contribution in [0.5, 0.6) is 0 Å². The summed E-state index contributed by atoms with van der Waals surface area (Å²) in [4.78, 5) is 15.1. The van der Waals surface area contributed by atoms with Crippen LogP contribution in [0.1, 0.15) is 28.6 Å². The van der Waals surface area contributed by atoms with Crippen molar-refractivity contribution in [3.8, 4) is 0 Å². The van der Waals surface area contributed by atoms with Gasteiger partial charge in [0.05, 0.1) is 12.5 Å². The molecule has 1 atom stereocenters. The van der Waals surface area contributed by atoms with Gasteiger partial charge < -0.3 is 10.4 Å². The maximum absolute atomic E-state index is 10.9.